The molecule has 1 aliphatic rings. The van der Waals surface area contributed by atoms with E-state index in [-0.39, 0.29) is 24.1 Å². The molecule has 1 saturated heterocycles. The predicted octanol–water partition coefficient (Wildman–Crippen LogP) is 0.225. The Morgan fingerprint density at radius 2 is 2.18 bits per heavy atom. The molecule has 0 spiro atoms. The van der Waals surface area contributed by atoms with Crippen molar-refractivity contribution in [3.63, 3.8) is 0 Å². The van der Waals surface area contributed by atoms with Crippen LogP contribution >= 0.6 is 0 Å². The van der Waals surface area contributed by atoms with Gasteiger partial charge in [-0.1, -0.05) is 18.2 Å². The molecule has 0 radical (unpaired) electrons. The van der Waals surface area contributed by atoms with E-state index in [1.807, 2.05) is 0 Å². The Kier molecular flexibility index (Phi) is 3.34. The molecule has 0 atom stereocenters. The number of nitrogens with one attached hydrogen (secondary N) is 2. The van der Waals surface area contributed by atoms with Gasteiger partial charge in [-0.3, -0.25) is 14.9 Å². The molecule has 1 aromatic carbocycles. The zero-order valence-corrected chi connectivity index (χ0v) is 9.18. The van der Waals surface area contributed by atoms with Crippen molar-refractivity contribution in [2.24, 2.45) is 0 Å². The second kappa shape index (κ2) is 4.92. The monoisotopic (exact) mass is 235 g/mol. The molecular formula is C11H13N3O3. The first-order valence-electron chi connectivity index (χ1n) is 5.39. The fourth-order valence-electron chi connectivity index (χ4n) is 1.68. The van der Waals surface area contributed by atoms with Crippen molar-refractivity contribution in [2.45, 2.75) is 12.5 Å². The van der Waals surface area contributed by atoms with Gasteiger partial charge in [0, 0.05) is 24.7 Å². The van der Waals surface area contributed by atoms with Crippen LogP contribution in [0.15, 0.2) is 24.3 Å². The number of hydrogen-bond donors (Lipinski definition) is 2. The third-order valence-corrected chi connectivity index (χ3v) is 2.69. The number of carbonyl (C=O) groups is 1. The van der Waals surface area contributed by atoms with E-state index in [0.717, 1.165) is 13.1 Å². The molecule has 0 unspecified atom stereocenters. The Bertz CT molecular complexity index is 443. The number of para-hydroxylation sites is 1. The van der Waals surface area contributed by atoms with Gasteiger partial charge in [-0.05, 0) is 0 Å². The van der Waals surface area contributed by atoms with Gasteiger partial charge in [0.05, 0.1) is 17.4 Å². The van der Waals surface area contributed by atoms with E-state index in [9.17, 15) is 14.9 Å². The van der Waals surface area contributed by atoms with Gasteiger partial charge in [0.15, 0.2) is 0 Å². The summed E-state index contributed by atoms with van der Waals surface area (Å²) in [6, 6.07) is 6.46. The summed E-state index contributed by atoms with van der Waals surface area (Å²) in [6.07, 6.45) is 0.0493. The first kappa shape index (κ1) is 11.5. The van der Waals surface area contributed by atoms with Crippen LogP contribution < -0.4 is 10.6 Å². The van der Waals surface area contributed by atoms with Crippen LogP contribution in [0.2, 0.25) is 0 Å². The number of nitro benzene ring substituents is 1. The highest BCUT2D eigenvalue weighted by molar-refractivity contribution is 5.80. The molecule has 1 heterocycles. The summed E-state index contributed by atoms with van der Waals surface area (Å²) in [4.78, 5) is 21.9. The maximum Gasteiger partial charge on any atom is 0.273 e. The van der Waals surface area contributed by atoms with Gasteiger partial charge < -0.3 is 10.6 Å². The van der Waals surface area contributed by atoms with Crippen molar-refractivity contribution in [3.8, 4) is 0 Å². The van der Waals surface area contributed by atoms with Gasteiger partial charge in [-0.15, -0.1) is 0 Å². The van der Waals surface area contributed by atoms with Crippen LogP contribution in [-0.4, -0.2) is 30.0 Å². The third kappa shape index (κ3) is 2.79. The first-order chi connectivity index (χ1) is 8.16. The zero-order chi connectivity index (χ0) is 12.3. The van der Waals surface area contributed by atoms with Crippen LogP contribution in [0.3, 0.4) is 0 Å². The Morgan fingerprint density at radius 1 is 1.47 bits per heavy atom. The van der Waals surface area contributed by atoms with E-state index in [2.05, 4.69) is 10.6 Å². The van der Waals surface area contributed by atoms with Crippen LogP contribution in [0.4, 0.5) is 5.69 Å². The molecule has 6 heteroatoms. The number of rotatable bonds is 4. The molecule has 17 heavy (non-hydrogen) atoms. The molecule has 2 rings (SSSR count). The summed E-state index contributed by atoms with van der Waals surface area (Å²) < 4.78 is 0. The molecule has 1 aromatic rings. The van der Waals surface area contributed by atoms with E-state index in [0.29, 0.717) is 5.56 Å². The van der Waals surface area contributed by atoms with Crippen molar-refractivity contribution < 1.29 is 9.72 Å². The summed E-state index contributed by atoms with van der Waals surface area (Å²) in [6.45, 7) is 1.53. The standard InChI is InChI=1S/C11H13N3O3/c15-11(13-9-6-12-7-9)5-8-3-1-2-4-10(8)14(16)17/h1-4,9,12H,5-7H2,(H,13,15). The molecule has 90 valence electrons. The quantitative estimate of drug-likeness (QED) is 0.577. The number of amides is 1. The van der Waals surface area contributed by atoms with Crippen LogP contribution in [0, 0.1) is 10.1 Å². The average molecular weight is 235 g/mol. The number of nitrogens with zero attached hydrogens (tertiary/aromatic N) is 1. The van der Waals surface area contributed by atoms with Gasteiger partial charge in [0.2, 0.25) is 5.91 Å². The zero-order valence-electron chi connectivity index (χ0n) is 9.18. The van der Waals surface area contributed by atoms with Crippen molar-refractivity contribution in [2.75, 3.05) is 13.1 Å². The fraction of sp³-hybridized carbons (Fsp3) is 0.364. The second-order valence-electron chi connectivity index (χ2n) is 3.99. The van der Waals surface area contributed by atoms with Crippen LogP contribution in [0.25, 0.3) is 0 Å². The maximum absolute atomic E-state index is 11.6. The molecular weight excluding hydrogens is 222 g/mol. The van der Waals surface area contributed by atoms with Gasteiger partial charge in [0.1, 0.15) is 0 Å². The molecule has 0 aliphatic carbocycles. The van der Waals surface area contributed by atoms with E-state index in [4.69, 9.17) is 0 Å². The Labute approximate surface area is 98.2 Å². The number of hydrogen-bond acceptors (Lipinski definition) is 4. The lowest BCUT2D eigenvalue weighted by atomic mass is 10.1. The average Bonchev–Trinajstić information content (AvgIpc) is 2.24. The maximum atomic E-state index is 11.6. The second-order valence-corrected chi connectivity index (χ2v) is 3.99. The SMILES string of the molecule is O=C(Cc1ccccc1[N+](=O)[O-])NC1CNC1. The summed E-state index contributed by atoms with van der Waals surface area (Å²) in [5.74, 6) is -0.175. The third-order valence-electron chi connectivity index (χ3n) is 2.69. The molecule has 1 aliphatic heterocycles. The summed E-state index contributed by atoms with van der Waals surface area (Å²) in [7, 11) is 0. The van der Waals surface area contributed by atoms with E-state index < -0.39 is 4.92 Å². The van der Waals surface area contributed by atoms with Crippen LogP contribution in [0.5, 0.6) is 0 Å². The number of carbonyl (C=O) groups excluding carboxylic acids is 1. The normalized spacial score (nSPS) is 15.1. The van der Waals surface area contributed by atoms with E-state index in [1.54, 1.807) is 18.2 Å². The van der Waals surface area contributed by atoms with Gasteiger partial charge in [-0.25, -0.2) is 0 Å². The topological polar surface area (TPSA) is 84.3 Å². The van der Waals surface area contributed by atoms with Crippen LogP contribution in [0.1, 0.15) is 5.56 Å². The summed E-state index contributed by atoms with van der Waals surface area (Å²) in [5.41, 5.74) is 0.441. The number of benzene rings is 1. The lowest BCUT2D eigenvalue weighted by molar-refractivity contribution is -0.385. The van der Waals surface area contributed by atoms with Gasteiger partial charge in [-0.2, -0.15) is 0 Å². The minimum Gasteiger partial charge on any atom is -0.351 e. The largest absolute Gasteiger partial charge is 0.351 e. The molecule has 1 fully saturated rings. The summed E-state index contributed by atoms with van der Waals surface area (Å²) in [5, 5.41) is 16.6. The Hall–Kier alpha value is -1.95. The van der Waals surface area contributed by atoms with Crippen molar-refractivity contribution in [3.05, 3.63) is 39.9 Å². The lowest BCUT2D eigenvalue weighted by Gasteiger charge is -2.27. The lowest BCUT2D eigenvalue weighted by Crippen LogP contribution is -2.57. The highest BCUT2D eigenvalue weighted by Crippen LogP contribution is 2.17. The van der Waals surface area contributed by atoms with Crippen molar-refractivity contribution in [1.29, 1.82) is 0 Å². The molecule has 0 bridgehead atoms. The molecule has 6 nitrogen and oxygen atoms in total. The van der Waals surface area contributed by atoms with E-state index in [1.165, 1.54) is 6.07 Å². The molecule has 1 amide bonds. The predicted molar refractivity (Wildman–Crippen MR) is 61.6 cm³/mol. The highest BCUT2D eigenvalue weighted by atomic mass is 16.6. The van der Waals surface area contributed by atoms with E-state index >= 15 is 0 Å². The number of nitro groups is 1. The molecule has 0 saturated carbocycles. The minimum atomic E-state index is -0.465. The van der Waals surface area contributed by atoms with Crippen molar-refractivity contribution >= 4 is 11.6 Å². The van der Waals surface area contributed by atoms with Gasteiger partial charge >= 0.3 is 0 Å². The minimum absolute atomic E-state index is 0.00520. The fourth-order valence-corrected chi connectivity index (χ4v) is 1.68. The highest BCUT2D eigenvalue weighted by Gasteiger charge is 2.21. The summed E-state index contributed by atoms with van der Waals surface area (Å²) >= 11 is 0. The van der Waals surface area contributed by atoms with Crippen molar-refractivity contribution in [1.82, 2.24) is 10.6 Å². The Morgan fingerprint density at radius 3 is 2.76 bits per heavy atom. The molecule has 2 N–H and O–H groups in total. The van der Waals surface area contributed by atoms with Gasteiger partial charge in [0.25, 0.3) is 5.69 Å². The Balaban J connectivity index is 2.01. The molecule has 0 aromatic heterocycles. The smallest absolute Gasteiger partial charge is 0.273 e. The van der Waals surface area contributed by atoms with Crippen LogP contribution in [-0.2, 0) is 11.2 Å². The first-order valence-corrected chi connectivity index (χ1v) is 5.39.